The molecule has 0 aliphatic heterocycles. The summed E-state index contributed by atoms with van der Waals surface area (Å²) in [6.07, 6.45) is 2.20. The van der Waals surface area contributed by atoms with E-state index in [1.807, 2.05) is 12.1 Å². The number of sulfonamides is 1. The van der Waals surface area contributed by atoms with Crippen molar-refractivity contribution in [3.8, 4) is 0 Å². The molecule has 18 heavy (non-hydrogen) atoms. The van der Waals surface area contributed by atoms with Gasteiger partial charge in [-0.15, -0.1) is 0 Å². The smallest absolute Gasteiger partial charge is 0.229 e. The average Bonchev–Trinajstić information content (AvgIpc) is 2.13. The van der Waals surface area contributed by atoms with E-state index in [0.717, 1.165) is 24.9 Å². The number of anilines is 2. The van der Waals surface area contributed by atoms with Crippen molar-refractivity contribution in [3.63, 3.8) is 0 Å². The van der Waals surface area contributed by atoms with Crippen molar-refractivity contribution in [3.05, 3.63) is 24.3 Å². The van der Waals surface area contributed by atoms with Gasteiger partial charge in [-0.3, -0.25) is 4.72 Å². The molecule has 0 bridgehead atoms. The number of benzene rings is 1. The Hall–Kier alpha value is -1.23. The highest BCUT2D eigenvalue weighted by atomic mass is 32.2. The van der Waals surface area contributed by atoms with Crippen molar-refractivity contribution >= 4 is 21.4 Å². The first kappa shape index (κ1) is 14.8. The summed E-state index contributed by atoms with van der Waals surface area (Å²) in [5.74, 6) is 0. The second-order valence-corrected chi connectivity index (χ2v) is 7.44. The molecule has 1 aromatic carbocycles. The van der Waals surface area contributed by atoms with Gasteiger partial charge in [-0.2, -0.15) is 0 Å². The van der Waals surface area contributed by atoms with E-state index in [1.54, 1.807) is 12.1 Å². The Kier molecular flexibility index (Phi) is 4.62. The zero-order valence-electron chi connectivity index (χ0n) is 11.4. The standard InChI is InChI=1S/C13H22N2O2S/c1-13(2,3)8-9-14-11-6-5-7-12(10-11)15-18(4,16)17/h5-7,10,14-15H,8-9H2,1-4H3. The van der Waals surface area contributed by atoms with E-state index < -0.39 is 10.0 Å². The maximum Gasteiger partial charge on any atom is 0.229 e. The van der Waals surface area contributed by atoms with Crippen molar-refractivity contribution < 1.29 is 8.42 Å². The van der Waals surface area contributed by atoms with Gasteiger partial charge in [0, 0.05) is 12.2 Å². The van der Waals surface area contributed by atoms with Crippen LogP contribution in [0.25, 0.3) is 0 Å². The maximum atomic E-state index is 11.1. The first-order valence-corrected chi connectivity index (χ1v) is 7.87. The van der Waals surface area contributed by atoms with Crippen molar-refractivity contribution in [1.82, 2.24) is 0 Å². The summed E-state index contributed by atoms with van der Waals surface area (Å²) in [6, 6.07) is 7.28. The average molecular weight is 270 g/mol. The fraction of sp³-hybridized carbons (Fsp3) is 0.538. The van der Waals surface area contributed by atoms with Gasteiger partial charge < -0.3 is 5.32 Å². The van der Waals surface area contributed by atoms with Crippen LogP contribution in [-0.2, 0) is 10.0 Å². The molecule has 0 amide bonds. The van der Waals surface area contributed by atoms with Crippen LogP contribution in [0.5, 0.6) is 0 Å². The van der Waals surface area contributed by atoms with Crippen LogP contribution in [0.1, 0.15) is 27.2 Å². The highest BCUT2D eigenvalue weighted by Gasteiger charge is 2.09. The Morgan fingerprint density at radius 2 is 1.78 bits per heavy atom. The van der Waals surface area contributed by atoms with Gasteiger partial charge in [0.05, 0.1) is 11.9 Å². The highest BCUT2D eigenvalue weighted by Crippen LogP contribution is 2.20. The topological polar surface area (TPSA) is 58.2 Å². The molecule has 0 spiro atoms. The van der Waals surface area contributed by atoms with Gasteiger partial charge in [0.2, 0.25) is 10.0 Å². The number of nitrogens with one attached hydrogen (secondary N) is 2. The van der Waals surface area contributed by atoms with E-state index in [4.69, 9.17) is 0 Å². The van der Waals surface area contributed by atoms with Gasteiger partial charge in [0.1, 0.15) is 0 Å². The van der Waals surface area contributed by atoms with Crippen molar-refractivity contribution in [1.29, 1.82) is 0 Å². The van der Waals surface area contributed by atoms with Crippen LogP contribution in [0.4, 0.5) is 11.4 Å². The highest BCUT2D eigenvalue weighted by molar-refractivity contribution is 7.92. The lowest BCUT2D eigenvalue weighted by Gasteiger charge is -2.18. The molecular formula is C13H22N2O2S. The summed E-state index contributed by atoms with van der Waals surface area (Å²) in [6.45, 7) is 7.44. The van der Waals surface area contributed by atoms with Crippen LogP contribution >= 0.6 is 0 Å². The van der Waals surface area contributed by atoms with Crippen LogP contribution in [0, 0.1) is 5.41 Å². The van der Waals surface area contributed by atoms with Gasteiger partial charge >= 0.3 is 0 Å². The van der Waals surface area contributed by atoms with Crippen molar-refractivity contribution in [2.75, 3.05) is 22.8 Å². The molecule has 2 N–H and O–H groups in total. The Morgan fingerprint density at radius 3 is 2.33 bits per heavy atom. The first-order chi connectivity index (χ1) is 8.16. The van der Waals surface area contributed by atoms with Gasteiger partial charge in [-0.25, -0.2) is 8.42 Å². The Labute approximate surface area is 110 Å². The van der Waals surface area contributed by atoms with Gasteiger partial charge in [-0.1, -0.05) is 26.8 Å². The SMILES string of the molecule is CC(C)(C)CCNc1cccc(NS(C)(=O)=O)c1. The fourth-order valence-electron chi connectivity index (χ4n) is 1.49. The molecule has 0 heterocycles. The molecule has 0 aromatic heterocycles. The van der Waals surface area contributed by atoms with Gasteiger partial charge in [-0.05, 0) is 30.0 Å². The van der Waals surface area contributed by atoms with Crippen molar-refractivity contribution in [2.45, 2.75) is 27.2 Å². The molecule has 102 valence electrons. The van der Waals surface area contributed by atoms with Crippen LogP contribution < -0.4 is 10.0 Å². The molecule has 0 saturated heterocycles. The van der Waals surface area contributed by atoms with E-state index in [9.17, 15) is 8.42 Å². The van der Waals surface area contributed by atoms with Crippen molar-refractivity contribution in [2.24, 2.45) is 5.41 Å². The summed E-state index contributed by atoms with van der Waals surface area (Å²) < 4.78 is 24.7. The Morgan fingerprint density at radius 1 is 1.17 bits per heavy atom. The summed E-state index contributed by atoms with van der Waals surface area (Å²) in [5, 5.41) is 3.29. The molecule has 5 heteroatoms. The molecule has 0 atom stereocenters. The summed E-state index contributed by atoms with van der Waals surface area (Å²) in [7, 11) is -3.22. The van der Waals surface area contributed by atoms with E-state index in [1.165, 1.54) is 0 Å². The zero-order valence-corrected chi connectivity index (χ0v) is 12.3. The predicted octanol–water partition coefficient (Wildman–Crippen LogP) is 2.91. The van der Waals surface area contributed by atoms with Crippen LogP contribution in [0.3, 0.4) is 0 Å². The van der Waals surface area contributed by atoms with Gasteiger partial charge in [0.15, 0.2) is 0 Å². The molecule has 0 aliphatic carbocycles. The molecule has 0 saturated carbocycles. The molecule has 0 unspecified atom stereocenters. The number of hydrogen-bond acceptors (Lipinski definition) is 3. The summed E-state index contributed by atoms with van der Waals surface area (Å²) in [5.41, 5.74) is 1.79. The lowest BCUT2D eigenvalue weighted by Crippen LogP contribution is -2.13. The van der Waals surface area contributed by atoms with E-state index >= 15 is 0 Å². The molecule has 4 nitrogen and oxygen atoms in total. The minimum atomic E-state index is -3.22. The second-order valence-electron chi connectivity index (χ2n) is 5.69. The first-order valence-electron chi connectivity index (χ1n) is 5.97. The fourth-order valence-corrected chi connectivity index (χ4v) is 2.04. The zero-order chi connectivity index (χ0) is 13.8. The third-order valence-electron chi connectivity index (χ3n) is 2.37. The Bertz CT molecular complexity index is 490. The van der Waals surface area contributed by atoms with Crippen LogP contribution in [-0.4, -0.2) is 21.2 Å². The third kappa shape index (κ3) is 6.49. The molecule has 1 aromatic rings. The summed E-state index contributed by atoms with van der Waals surface area (Å²) in [4.78, 5) is 0. The molecular weight excluding hydrogens is 248 g/mol. The van der Waals surface area contributed by atoms with Crippen LogP contribution in [0.15, 0.2) is 24.3 Å². The predicted molar refractivity (Wildman–Crippen MR) is 77.5 cm³/mol. The molecule has 0 fully saturated rings. The largest absolute Gasteiger partial charge is 0.385 e. The normalized spacial score (nSPS) is 12.2. The minimum Gasteiger partial charge on any atom is -0.385 e. The molecule has 0 aliphatic rings. The Balaban J connectivity index is 2.60. The second kappa shape index (κ2) is 5.61. The molecule has 1 rings (SSSR count). The van der Waals surface area contributed by atoms with E-state index in [-0.39, 0.29) is 5.41 Å². The third-order valence-corrected chi connectivity index (χ3v) is 2.98. The molecule has 0 radical (unpaired) electrons. The maximum absolute atomic E-state index is 11.1. The van der Waals surface area contributed by atoms with Gasteiger partial charge in [0.25, 0.3) is 0 Å². The number of hydrogen-bond donors (Lipinski definition) is 2. The number of rotatable bonds is 5. The quantitative estimate of drug-likeness (QED) is 0.865. The lowest BCUT2D eigenvalue weighted by molar-refractivity contribution is 0.390. The van der Waals surface area contributed by atoms with E-state index in [2.05, 4.69) is 30.8 Å². The minimum absolute atomic E-state index is 0.287. The lowest BCUT2D eigenvalue weighted by atomic mass is 9.92. The van der Waals surface area contributed by atoms with Crippen LogP contribution in [0.2, 0.25) is 0 Å². The monoisotopic (exact) mass is 270 g/mol. The summed E-state index contributed by atoms with van der Waals surface area (Å²) >= 11 is 0. The van der Waals surface area contributed by atoms with E-state index in [0.29, 0.717) is 5.69 Å².